The summed E-state index contributed by atoms with van der Waals surface area (Å²) < 4.78 is 3.95. The van der Waals surface area contributed by atoms with Crippen molar-refractivity contribution in [2.75, 3.05) is 39.3 Å². The van der Waals surface area contributed by atoms with Crippen molar-refractivity contribution in [3.63, 3.8) is 0 Å². The molecule has 0 saturated carbocycles. The van der Waals surface area contributed by atoms with Crippen LogP contribution in [0, 0.1) is 5.92 Å². The second kappa shape index (κ2) is 10.9. The number of pyridine rings is 2. The summed E-state index contributed by atoms with van der Waals surface area (Å²) in [6.45, 7) is 8.04. The second-order valence-corrected chi connectivity index (χ2v) is 11.8. The summed E-state index contributed by atoms with van der Waals surface area (Å²) in [5.74, 6) is 0.595. The number of piperidine rings is 1. The van der Waals surface area contributed by atoms with E-state index in [1.165, 1.54) is 0 Å². The molecule has 1 aromatic carbocycles. The van der Waals surface area contributed by atoms with Crippen LogP contribution in [0.2, 0.25) is 5.02 Å². The molecule has 0 spiro atoms. The van der Waals surface area contributed by atoms with Crippen LogP contribution >= 0.6 is 11.6 Å². The smallest absolute Gasteiger partial charge is 0.250 e. The minimum Gasteiger partial charge on any atom is -0.503 e. The quantitative estimate of drug-likeness (QED) is 0.510. The number of rotatable bonds is 6. The lowest BCUT2D eigenvalue weighted by Gasteiger charge is -2.43. The maximum atomic E-state index is 12.8. The van der Waals surface area contributed by atoms with Gasteiger partial charge in [0.05, 0.1) is 5.69 Å². The summed E-state index contributed by atoms with van der Waals surface area (Å²) in [4.78, 5) is 32.3. The predicted octanol–water partition coefficient (Wildman–Crippen LogP) is 2.84. The van der Waals surface area contributed by atoms with E-state index < -0.39 is 0 Å². The number of halogens is 1. The molecule has 0 radical (unpaired) electrons. The highest BCUT2D eigenvalue weighted by molar-refractivity contribution is 6.31. The first-order valence-corrected chi connectivity index (χ1v) is 14.2. The van der Waals surface area contributed by atoms with Crippen molar-refractivity contribution < 1.29 is 5.11 Å². The van der Waals surface area contributed by atoms with Gasteiger partial charge in [-0.3, -0.25) is 24.3 Å². The summed E-state index contributed by atoms with van der Waals surface area (Å²) >= 11 is 6.36. The summed E-state index contributed by atoms with van der Waals surface area (Å²) in [5, 5.41) is 11.6. The number of aromatic hydroxyl groups is 1. The number of piperazine rings is 1. The van der Waals surface area contributed by atoms with Gasteiger partial charge in [-0.2, -0.15) is 0 Å². The Balaban J connectivity index is 1.13. The van der Waals surface area contributed by atoms with Crippen LogP contribution in [0.15, 0.2) is 58.1 Å². The van der Waals surface area contributed by atoms with Crippen molar-refractivity contribution in [3.8, 4) is 5.75 Å². The average molecular weight is 550 g/mol. The minimum absolute atomic E-state index is 0.0888. The molecule has 0 aliphatic carbocycles. The fourth-order valence-electron chi connectivity index (χ4n) is 6.66. The van der Waals surface area contributed by atoms with Crippen molar-refractivity contribution in [1.82, 2.24) is 23.8 Å². The molecule has 39 heavy (non-hydrogen) atoms. The molecule has 3 aromatic rings. The second-order valence-electron chi connectivity index (χ2n) is 11.4. The number of aromatic nitrogens is 2. The highest BCUT2D eigenvalue weighted by Crippen LogP contribution is 2.35. The van der Waals surface area contributed by atoms with E-state index in [0.717, 1.165) is 80.8 Å². The lowest BCUT2D eigenvalue weighted by molar-refractivity contribution is 0.110. The molecule has 8 nitrogen and oxygen atoms in total. The van der Waals surface area contributed by atoms with Gasteiger partial charge in [-0.1, -0.05) is 35.9 Å². The number of hydrogen-bond donors (Lipinski definition) is 1. The SMILES string of the molecule is Cn1c(CN2C[C@@H]3C[C@H](C2)c2cccc(=O)n2C3)cc(=O)c(O)c1CN1CCN(Cc2ccccc2Cl)CC1. The summed E-state index contributed by atoms with van der Waals surface area (Å²) in [6.07, 6.45) is 1.10. The molecule has 1 N–H and O–H groups in total. The third-order valence-corrected chi connectivity index (χ3v) is 9.14. The highest BCUT2D eigenvalue weighted by atomic mass is 35.5. The van der Waals surface area contributed by atoms with Gasteiger partial charge >= 0.3 is 0 Å². The lowest BCUT2D eigenvalue weighted by Crippen LogP contribution is -2.47. The van der Waals surface area contributed by atoms with E-state index >= 15 is 0 Å². The molecule has 3 aliphatic heterocycles. The standard InChI is InChI=1S/C30H36ClN5O3/c1-32-24(19-35-15-21-13-23(18-35)26-7-4-8-29(38)36(26)16-21)14-28(37)30(39)27(32)20-34-11-9-33(10-12-34)17-22-5-2-3-6-25(22)31/h2-8,14,21,23,39H,9-13,15-20H2,1H3/t21-,23+/m0/s1. The number of hydrogen-bond acceptors (Lipinski definition) is 6. The van der Waals surface area contributed by atoms with Gasteiger partial charge in [0.15, 0.2) is 5.75 Å². The van der Waals surface area contributed by atoms with Crippen LogP contribution < -0.4 is 11.0 Å². The lowest BCUT2D eigenvalue weighted by atomic mass is 9.83. The van der Waals surface area contributed by atoms with Crippen LogP contribution in [0.1, 0.15) is 35.0 Å². The number of nitrogens with zero attached hydrogens (tertiary/aromatic N) is 5. The van der Waals surface area contributed by atoms with E-state index in [1.807, 2.05) is 40.4 Å². The van der Waals surface area contributed by atoms with Crippen LogP contribution in [0.3, 0.4) is 0 Å². The molecule has 6 rings (SSSR count). The van der Waals surface area contributed by atoms with Crippen molar-refractivity contribution in [1.29, 1.82) is 0 Å². The average Bonchev–Trinajstić information content (AvgIpc) is 2.92. The van der Waals surface area contributed by atoms with E-state index in [2.05, 4.69) is 26.8 Å². The molecule has 0 amide bonds. The van der Waals surface area contributed by atoms with Gasteiger partial charge in [0.1, 0.15) is 0 Å². The zero-order valence-corrected chi connectivity index (χ0v) is 23.2. The fraction of sp³-hybridized carbons (Fsp3) is 0.467. The molecule has 5 heterocycles. The number of benzene rings is 1. The molecule has 2 aromatic heterocycles. The third-order valence-electron chi connectivity index (χ3n) is 8.77. The monoisotopic (exact) mass is 549 g/mol. The number of likely N-dealkylation sites (tertiary alicyclic amines) is 1. The molecule has 9 heteroatoms. The Labute approximate surface area is 233 Å². The van der Waals surface area contributed by atoms with Crippen LogP contribution in [-0.4, -0.2) is 68.2 Å². The molecule has 2 saturated heterocycles. The van der Waals surface area contributed by atoms with Gasteiger partial charge in [-0.15, -0.1) is 0 Å². The summed E-state index contributed by atoms with van der Waals surface area (Å²) in [7, 11) is 1.96. The Bertz CT molecular complexity index is 1480. The predicted molar refractivity (Wildman–Crippen MR) is 152 cm³/mol. The van der Waals surface area contributed by atoms with Crippen LogP contribution in [0.4, 0.5) is 0 Å². The summed E-state index contributed by atoms with van der Waals surface area (Å²) in [6, 6.07) is 15.1. The van der Waals surface area contributed by atoms with E-state index in [9.17, 15) is 14.7 Å². The maximum absolute atomic E-state index is 12.8. The van der Waals surface area contributed by atoms with Crippen molar-refractivity contribution in [2.45, 2.75) is 38.5 Å². The van der Waals surface area contributed by atoms with Gasteiger partial charge in [0.25, 0.3) is 5.56 Å². The first-order valence-electron chi connectivity index (χ1n) is 13.9. The van der Waals surface area contributed by atoms with E-state index in [1.54, 1.807) is 12.1 Å². The largest absolute Gasteiger partial charge is 0.503 e. The van der Waals surface area contributed by atoms with Gasteiger partial charge in [0.2, 0.25) is 5.43 Å². The van der Waals surface area contributed by atoms with Crippen LogP contribution in [-0.2, 0) is 33.2 Å². The van der Waals surface area contributed by atoms with Crippen molar-refractivity contribution >= 4 is 11.6 Å². The Morgan fingerprint density at radius 3 is 2.38 bits per heavy atom. The van der Waals surface area contributed by atoms with Gasteiger partial charge in [-0.05, 0) is 30.0 Å². The maximum Gasteiger partial charge on any atom is 0.250 e. The van der Waals surface area contributed by atoms with E-state index in [-0.39, 0.29) is 16.7 Å². The van der Waals surface area contributed by atoms with Gasteiger partial charge in [-0.25, -0.2) is 0 Å². The van der Waals surface area contributed by atoms with E-state index in [4.69, 9.17) is 11.6 Å². The Kier molecular flexibility index (Phi) is 7.37. The molecule has 206 valence electrons. The fourth-order valence-corrected chi connectivity index (χ4v) is 6.86. The summed E-state index contributed by atoms with van der Waals surface area (Å²) in [5.41, 5.74) is 3.62. The number of fused-ring (bicyclic) bond motifs is 4. The molecule has 0 unspecified atom stereocenters. The zero-order chi connectivity index (χ0) is 27.1. The van der Waals surface area contributed by atoms with Crippen molar-refractivity contribution in [2.24, 2.45) is 13.0 Å². The Morgan fingerprint density at radius 1 is 0.872 bits per heavy atom. The molecular formula is C30H36ClN5O3. The van der Waals surface area contributed by atoms with Crippen LogP contribution in [0.25, 0.3) is 0 Å². The molecular weight excluding hydrogens is 514 g/mol. The first-order chi connectivity index (χ1) is 18.9. The first kappa shape index (κ1) is 26.3. The molecule has 2 fully saturated rings. The minimum atomic E-state index is -0.315. The Morgan fingerprint density at radius 2 is 1.62 bits per heavy atom. The van der Waals surface area contributed by atoms with Gasteiger partial charge < -0.3 is 14.2 Å². The third kappa shape index (κ3) is 5.43. The molecule has 3 aliphatic rings. The van der Waals surface area contributed by atoms with Crippen LogP contribution in [0.5, 0.6) is 5.75 Å². The normalized spacial score (nSPS) is 22.1. The van der Waals surface area contributed by atoms with E-state index in [0.29, 0.717) is 30.6 Å². The van der Waals surface area contributed by atoms with Crippen molar-refractivity contribution in [3.05, 3.63) is 96.8 Å². The molecule has 2 bridgehead atoms. The molecule has 2 atom stereocenters. The topological polar surface area (TPSA) is 73.9 Å². The van der Waals surface area contributed by atoms with Gasteiger partial charge in [0, 0.05) is 107 Å². The zero-order valence-electron chi connectivity index (χ0n) is 22.4. The Hall–Kier alpha value is -2.91. The highest BCUT2D eigenvalue weighted by Gasteiger charge is 2.34.